The fraction of sp³-hybridized carbons (Fsp3) is 0.105. The topological polar surface area (TPSA) is 68.3 Å². The molecule has 3 rings (SSSR count). The van der Waals surface area contributed by atoms with Gasteiger partial charge in [0.05, 0.1) is 0 Å². The molecule has 1 heterocycles. The fourth-order valence-electron chi connectivity index (χ4n) is 2.17. The standard InChI is InChI=1S/C19H15FN2O3S/c20-15-8-4-7-14(9-15)17(23)11-25-18(24)16-12-26-19(22-16)21-10-13-5-2-1-3-6-13/h1-9,12H,10-11H2,(H,21,22). The van der Waals surface area contributed by atoms with E-state index in [1.165, 1.54) is 29.5 Å². The molecule has 26 heavy (non-hydrogen) atoms. The second-order valence-corrected chi connectivity index (χ2v) is 6.24. The van der Waals surface area contributed by atoms with E-state index in [0.717, 1.165) is 11.6 Å². The summed E-state index contributed by atoms with van der Waals surface area (Å²) in [7, 11) is 0. The molecule has 0 unspecified atom stereocenters. The number of hydrogen-bond donors (Lipinski definition) is 1. The number of rotatable bonds is 7. The molecule has 0 bridgehead atoms. The van der Waals surface area contributed by atoms with Crippen LogP contribution in [0, 0.1) is 5.82 Å². The second-order valence-electron chi connectivity index (χ2n) is 5.39. The number of hydrogen-bond acceptors (Lipinski definition) is 6. The first kappa shape index (κ1) is 17.8. The van der Waals surface area contributed by atoms with Crippen molar-refractivity contribution < 1.29 is 18.7 Å². The van der Waals surface area contributed by atoms with Crippen molar-refractivity contribution in [3.05, 3.63) is 82.6 Å². The molecule has 5 nitrogen and oxygen atoms in total. The molecule has 0 fully saturated rings. The summed E-state index contributed by atoms with van der Waals surface area (Å²) >= 11 is 1.27. The minimum absolute atomic E-state index is 0.123. The van der Waals surface area contributed by atoms with Gasteiger partial charge in [0.25, 0.3) is 0 Å². The number of carbonyl (C=O) groups is 2. The average Bonchev–Trinajstić information content (AvgIpc) is 3.14. The zero-order valence-corrected chi connectivity index (χ0v) is 14.5. The Kier molecular flexibility index (Phi) is 5.70. The van der Waals surface area contributed by atoms with Crippen LogP contribution in [0.3, 0.4) is 0 Å². The Morgan fingerprint density at radius 1 is 1.12 bits per heavy atom. The Bertz CT molecular complexity index is 912. The van der Waals surface area contributed by atoms with E-state index in [0.29, 0.717) is 11.7 Å². The van der Waals surface area contributed by atoms with E-state index in [1.54, 1.807) is 5.38 Å². The molecule has 132 valence electrons. The number of nitrogens with one attached hydrogen (secondary N) is 1. The van der Waals surface area contributed by atoms with E-state index in [-0.39, 0.29) is 11.3 Å². The number of esters is 1. The van der Waals surface area contributed by atoms with Crippen LogP contribution in [0.15, 0.2) is 60.0 Å². The van der Waals surface area contributed by atoms with Gasteiger partial charge in [0.2, 0.25) is 0 Å². The van der Waals surface area contributed by atoms with Crippen molar-refractivity contribution in [2.75, 3.05) is 11.9 Å². The van der Waals surface area contributed by atoms with E-state index >= 15 is 0 Å². The first-order valence-corrected chi connectivity index (χ1v) is 8.69. The van der Waals surface area contributed by atoms with Crippen molar-refractivity contribution in [1.82, 2.24) is 4.98 Å². The molecule has 1 N–H and O–H groups in total. The van der Waals surface area contributed by atoms with E-state index in [1.807, 2.05) is 30.3 Å². The van der Waals surface area contributed by atoms with Crippen LogP contribution in [0.5, 0.6) is 0 Å². The molecule has 2 aromatic carbocycles. The van der Waals surface area contributed by atoms with Crippen molar-refractivity contribution >= 4 is 28.2 Å². The largest absolute Gasteiger partial charge is 0.453 e. The average molecular weight is 370 g/mol. The van der Waals surface area contributed by atoms with Crippen molar-refractivity contribution in [1.29, 1.82) is 0 Å². The summed E-state index contributed by atoms with van der Waals surface area (Å²) in [4.78, 5) is 28.1. The van der Waals surface area contributed by atoms with Crippen LogP contribution in [0.2, 0.25) is 0 Å². The summed E-state index contributed by atoms with van der Waals surface area (Å²) in [5, 5.41) is 5.26. The number of halogens is 1. The summed E-state index contributed by atoms with van der Waals surface area (Å²) in [5.74, 6) is -1.69. The van der Waals surface area contributed by atoms with Gasteiger partial charge in [-0.3, -0.25) is 4.79 Å². The number of ether oxygens (including phenoxy) is 1. The lowest BCUT2D eigenvalue weighted by molar-refractivity contribution is 0.0470. The van der Waals surface area contributed by atoms with Gasteiger partial charge in [0.15, 0.2) is 23.2 Å². The summed E-state index contributed by atoms with van der Waals surface area (Å²) in [6, 6.07) is 15.0. The number of nitrogens with zero attached hydrogens (tertiary/aromatic N) is 1. The van der Waals surface area contributed by atoms with E-state index < -0.39 is 24.2 Å². The Morgan fingerprint density at radius 3 is 2.69 bits per heavy atom. The maximum Gasteiger partial charge on any atom is 0.358 e. The first-order valence-electron chi connectivity index (χ1n) is 7.81. The number of ketones is 1. The molecule has 0 saturated heterocycles. The van der Waals surface area contributed by atoms with Crippen molar-refractivity contribution in [2.24, 2.45) is 0 Å². The maximum absolute atomic E-state index is 13.1. The predicted molar refractivity (Wildman–Crippen MR) is 96.9 cm³/mol. The predicted octanol–water partition coefficient (Wildman–Crippen LogP) is 3.93. The molecule has 0 saturated carbocycles. The number of carbonyl (C=O) groups excluding carboxylic acids is 2. The van der Waals surface area contributed by atoms with E-state index in [2.05, 4.69) is 10.3 Å². The van der Waals surface area contributed by atoms with Gasteiger partial charge in [0, 0.05) is 17.5 Å². The van der Waals surface area contributed by atoms with Crippen LogP contribution in [-0.4, -0.2) is 23.3 Å². The molecule has 0 amide bonds. The number of anilines is 1. The molecule has 0 spiro atoms. The fourth-order valence-corrected chi connectivity index (χ4v) is 2.85. The lowest BCUT2D eigenvalue weighted by Crippen LogP contribution is -2.14. The zero-order valence-electron chi connectivity index (χ0n) is 13.6. The van der Waals surface area contributed by atoms with Crippen LogP contribution in [0.25, 0.3) is 0 Å². The number of Topliss-reactive ketones (excluding diaryl/α,β-unsaturated/α-hetero) is 1. The van der Waals surface area contributed by atoms with E-state index in [4.69, 9.17) is 4.74 Å². The maximum atomic E-state index is 13.1. The normalized spacial score (nSPS) is 10.3. The Morgan fingerprint density at radius 2 is 1.92 bits per heavy atom. The van der Waals surface area contributed by atoms with Crippen LogP contribution in [0.1, 0.15) is 26.4 Å². The SMILES string of the molecule is O=C(COC(=O)c1csc(NCc2ccccc2)n1)c1cccc(F)c1. The molecule has 0 radical (unpaired) electrons. The number of aromatic nitrogens is 1. The van der Waals surface area contributed by atoms with Crippen molar-refractivity contribution in [3.8, 4) is 0 Å². The third kappa shape index (κ3) is 4.73. The molecule has 1 aromatic heterocycles. The van der Waals surface area contributed by atoms with Gasteiger partial charge in [-0.05, 0) is 17.7 Å². The van der Waals surface area contributed by atoms with Gasteiger partial charge in [-0.2, -0.15) is 0 Å². The van der Waals surface area contributed by atoms with Gasteiger partial charge in [0.1, 0.15) is 5.82 Å². The molecule has 0 atom stereocenters. The smallest absolute Gasteiger partial charge is 0.358 e. The molecular formula is C19H15FN2O3S. The third-order valence-electron chi connectivity index (χ3n) is 3.48. The summed E-state index contributed by atoms with van der Waals surface area (Å²) < 4.78 is 18.1. The molecule has 0 aliphatic rings. The zero-order chi connectivity index (χ0) is 18.4. The van der Waals surface area contributed by atoms with Gasteiger partial charge in [-0.1, -0.05) is 42.5 Å². The van der Waals surface area contributed by atoms with Gasteiger partial charge < -0.3 is 10.1 Å². The van der Waals surface area contributed by atoms with Gasteiger partial charge in [-0.15, -0.1) is 11.3 Å². The highest BCUT2D eigenvalue weighted by atomic mass is 32.1. The van der Waals surface area contributed by atoms with Crippen LogP contribution in [0.4, 0.5) is 9.52 Å². The minimum Gasteiger partial charge on any atom is -0.453 e. The second kappa shape index (κ2) is 8.35. The summed E-state index contributed by atoms with van der Waals surface area (Å²) in [5.41, 5.74) is 1.37. The third-order valence-corrected chi connectivity index (χ3v) is 4.28. The van der Waals surface area contributed by atoms with Crippen molar-refractivity contribution in [3.63, 3.8) is 0 Å². The summed E-state index contributed by atoms with van der Waals surface area (Å²) in [6.07, 6.45) is 0. The number of thiazole rings is 1. The van der Waals surface area contributed by atoms with Crippen LogP contribution >= 0.6 is 11.3 Å². The number of benzene rings is 2. The quantitative estimate of drug-likeness (QED) is 0.504. The lowest BCUT2D eigenvalue weighted by atomic mass is 10.1. The molecule has 0 aliphatic carbocycles. The monoisotopic (exact) mass is 370 g/mol. The summed E-state index contributed by atoms with van der Waals surface area (Å²) in [6.45, 7) is 0.119. The van der Waals surface area contributed by atoms with Gasteiger partial charge in [-0.25, -0.2) is 14.2 Å². The molecule has 7 heteroatoms. The lowest BCUT2D eigenvalue weighted by Gasteiger charge is -2.03. The molecule has 3 aromatic rings. The molecule has 0 aliphatic heterocycles. The minimum atomic E-state index is -0.696. The first-order chi connectivity index (χ1) is 12.6. The molecular weight excluding hydrogens is 355 g/mol. The Balaban J connectivity index is 1.52. The van der Waals surface area contributed by atoms with Crippen LogP contribution in [-0.2, 0) is 11.3 Å². The van der Waals surface area contributed by atoms with Crippen LogP contribution < -0.4 is 5.32 Å². The highest BCUT2D eigenvalue weighted by Crippen LogP contribution is 2.17. The highest BCUT2D eigenvalue weighted by molar-refractivity contribution is 7.13. The van der Waals surface area contributed by atoms with Gasteiger partial charge >= 0.3 is 5.97 Å². The Labute approximate surface area is 153 Å². The van der Waals surface area contributed by atoms with E-state index in [9.17, 15) is 14.0 Å². The van der Waals surface area contributed by atoms with Crippen molar-refractivity contribution in [2.45, 2.75) is 6.54 Å². The Hall–Kier alpha value is -3.06. The highest BCUT2D eigenvalue weighted by Gasteiger charge is 2.15.